The molecule has 0 amide bonds. The van der Waals surface area contributed by atoms with Crippen LogP contribution in [0.4, 0.5) is 0 Å². The van der Waals surface area contributed by atoms with Crippen LogP contribution in [-0.4, -0.2) is 51.3 Å². The second-order valence-electron chi connectivity index (χ2n) is 2.72. The quantitative estimate of drug-likeness (QED) is 0.302. The second kappa shape index (κ2) is 15.9. The number of aliphatic hydroxyl groups excluding tert-OH is 3. The van der Waals surface area contributed by atoms with E-state index in [0.717, 1.165) is 0 Å². The van der Waals surface area contributed by atoms with Crippen molar-refractivity contribution in [1.29, 1.82) is 0 Å². The van der Waals surface area contributed by atoms with E-state index in [1.165, 1.54) is 0 Å². The van der Waals surface area contributed by atoms with E-state index in [4.69, 9.17) is 15.6 Å². The van der Waals surface area contributed by atoms with Gasteiger partial charge in [0.15, 0.2) is 0 Å². The smallest absolute Gasteiger partial charge is 0.110 e. The minimum absolute atomic E-state index is 0. The predicted molar refractivity (Wildman–Crippen MR) is 44.8 cm³/mol. The fourth-order valence-corrected chi connectivity index (χ4v) is 1.66. The van der Waals surface area contributed by atoms with Crippen molar-refractivity contribution in [2.24, 2.45) is 0 Å². The Kier molecular flexibility index (Phi) is 29.8. The average Bonchev–Trinajstić information content (AvgIpc) is 2.08. The summed E-state index contributed by atoms with van der Waals surface area (Å²) in [6.45, 7) is -0.368. The molecule has 1 saturated heterocycles. The Hall–Kier alpha value is 6.05. The number of ether oxygens (including phenoxy) is 1. The Bertz CT molecular complexity index is 167. The summed E-state index contributed by atoms with van der Waals surface area (Å²) < 4.78 is 5.00. The first-order valence-electron chi connectivity index (χ1n) is 3.55. The van der Waals surface area contributed by atoms with Crippen LogP contribution in [0.1, 0.15) is 0 Å². The Labute approximate surface area is 246 Å². The Morgan fingerprint density at radius 1 is 1.06 bits per heavy atom. The normalized spacial score (nSPS) is 36.9. The third-order valence-electron chi connectivity index (χ3n) is 1.87. The summed E-state index contributed by atoms with van der Waals surface area (Å²) in [6, 6.07) is -0.928. The molecule has 10 heteroatoms. The van der Waals surface area contributed by atoms with Crippen LogP contribution in [-0.2, 0) is 4.74 Å². The zero-order valence-electron chi connectivity index (χ0n) is 8.53. The summed E-state index contributed by atoms with van der Waals surface area (Å²) >= 11 is 3.01. The summed E-state index contributed by atoms with van der Waals surface area (Å²) in [6.07, 6.45) is -3.18. The Morgan fingerprint density at radius 2 is 1.50 bits per heavy atom. The number of halogens is 1. The van der Waals surface area contributed by atoms with Crippen LogP contribution in [0.3, 0.4) is 0 Å². The molecule has 1 rings (SSSR count). The van der Waals surface area contributed by atoms with Crippen molar-refractivity contribution in [3.05, 3.63) is 5.73 Å². The molecule has 0 spiro atoms. The van der Waals surface area contributed by atoms with Crippen molar-refractivity contribution in [3.8, 4) is 0 Å². The molecule has 0 aromatic heterocycles. The fraction of sp³-hybridized carbons (Fsp3) is 1.00. The maximum Gasteiger partial charge on any atom is 0.110 e. The molecule has 4 unspecified atom stereocenters. The first kappa shape index (κ1) is 30.0. The molecule has 4 radical (unpaired) electrons. The first-order valence-corrected chi connectivity index (χ1v) is 4.47. The van der Waals surface area contributed by atoms with Gasteiger partial charge in [0.05, 0.1) is 17.7 Å². The van der Waals surface area contributed by atoms with Crippen LogP contribution in [0, 0.1) is 176 Å². The SMILES string of the molecule is [Ac].[Ac].[Ac].[Ac].[NH-]C1C(Br)O[C@H](CO)C(O)C1O. The summed E-state index contributed by atoms with van der Waals surface area (Å²) in [4.78, 5) is 0. The molecule has 84 valence electrons. The van der Waals surface area contributed by atoms with Gasteiger partial charge in [-0.3, -0.25) is 0 Å². The predicted octanol–water partition coefficient (Wildman–Crippen LogP) is -0.759. The fourth-order valence-electron chi connectivity index (χ4n) is 1.07. The molecular weight excluding hydrogens is 1140 g/mol. The van der Waals surface area contributed by atoms with Gasteiger partial charge in [0.2, 0.25) is 0 Å². The zero-order chi connectivity index (χ0) is 9.30. The second-order valence-corrected chi connectivity index (χ2v) is 3.62. The van der Waals surface area contributed by atoms with Gasteiger partial charge in [-0.2, -0.15) is 0 Å². The third kappa shape index (κ3) is 9.24. The third-order valence-corrected chi connectivity index (χ3v) is 2.65. The van der Waals surface area contributed by atoms with Crippen molar-refractivity contribution < 1.29 is 196 Å². The van der Waals surface area contributed by atoms with Crippen LogP contribution >= 0.6 is 15.9 Å². The molecule has 4 N–H and O–H groups in total. The first-order chi connectivity index (χ1) is 5.57. The van der Waals surface area contributed by atoms with Crippen LogP contribution in [0.5, 0.6) is 0 Å². The minimum Gasteiger partial charge on any atom is -0.670 e. The number of hydrogen-bond acceptors (Lipinski definition) is 4. The Balaban J connectivity index is -0.000000180. The molecule has 1 aliphatic rings. The van der Waals surface area contributed by atoms with Crippen molar-refractivity contribution in [2.75, 3.05) is 6.61 Å². The summed E-state index contributed by atoms with van der Waals surface area (Å²) in [7, 11) is 0. The number of rotatable bonds is 1. The van der Waals surface area contributed by atoms with Gasteiger partial charge in [0.25, 0.3) is 0 Å². The van der Waals surface area contributed by atoms with Gasteiger partial charge in [-0.25, -0.2) is 0 Å². The van der Waals surface area contributed by atoms with E-state index in [-0.39, 0.29) is 183 Å². The minimum atomic E-state index is -1.19. The van der Waals surface area contributed by atoms with Crippen molar-refractivity contribution in [2.45, 2.75) is 29.4 Å². The van der Waals surface area contributed by atoms with E-state index >= 15 is 0 Å². The van der Waals surface area contributed by atoms with Crippen molar-refractivity contribution >= 4 is 15.9 Å². The van der Waals surface area contributed by atoms with Gasteiger partial charge in [-0.05, 0) is 0 Å². The topological polar surface area (TPSA) is 93.7 Å². The molecule has 0 aliphatic carbocycles. The largest absolute Gasteiger partial charge is 0.670 e. The van der Waals surface area contributed by atoms with Crippen molar-refractivity contribution in [3.63, 3.8) is 0 Å². The monoisotopic (exact) mass is 1150 g/mol. The summed E-state index contributed by atoms with van der Waals surface area (Å²) in [5.41, 5.74) is 7.32. The number of alkyl halides is 1. The molecular formula is C6H11Ac4BrNO4-. The molecule has 0 aromatic rings. The number of hydrogen-bond donors (Lipinski definition) is 3. The van der Waals surface area contributed by atoms with E-state index in [0.29, 0.717) is 0 Å². The maximum absolute atomic E-state index is 9.26. The molecule has 1 fully saturated rings. The maximum atomic E-state index is 9.26. The molecule has 0 bridgehead atoms. The molecule has 0 saturated carbocycles. The molecule has 1 aliphatic heterocycles. The summed E-state index contributed by atoms with van der Waals surface area (Å²) in [5, 5.41) is 26.6. The molecule has 0 aromatic carbocycles. The zero-order valence-corrected chi connectivity index (χ0v) is 29.1. The van der Waals surface area contributed by atoms with Crippen molar-refractivity contribution in [1.82, 2.24) is 0 Å². The summed E-state index contributed by atoms with van der Waals surface area (Å²) in [5.74, 6) is 0. The van der Waals surface area contributed by atoms with Gasteiger partial charge in [-0.15, -0.1) is 0 Å². The van der Waals surface area contributed by atoms with Gasteiger partial charge in [0, 0.05) is 176 Å². The van der Waals surface area contributed by atoms with E-state index in [9.17, 15) is 10.2 Å². The van der Waals surface area contributed by atoms with E-state index in [2.05, 4.69) is 15.9 Å². The van der Waals surface area contributed by atoms with Gasteiger partial charge in [-0.1, -0.05) is 22.0 Å². The van der Waals surface area contributed by atoms with E-state index in [1.807, 2.05) is 0 Å². The van der Waals surface area contributed by atoms with Gasteiger partial charge in [0.1, 0.15) is 12.2 Å². The van der Waals surface area contributed by atoms with Crippen LogP contribution < -0.4 is 0 Å². The molecule has 16 heavy (non-hydrogen) atoms. The average molecular weight is 1150 g/mol. The van der Waals surface area contributed by atoms with Crippen LogP contribution in [0.2, 0.25) is 0 Å². The molecule has 5 atom stereocenters. The van der Waals surface area contributed by atoms with E-state index in [1.54, 1.807) is 0 Å². The van der Waals surface area contributed by atoms with E-state index < -0.39 is 29.4 Å². The van der Waals surface area contributed by atoms with Gasteiger partial charge >= 0.3 is 0 Å². The van der Waals surface area contributed by atoms with Gasteiger partial charge < -0.3 is 25.8 Å². The number of aliphatic hydroxyl groups is 3. The number of nitrogens with one attached hydrogen (secondary N) is 1. The Morgan fingerprint density at radius 3 is 1.88 bits per heavy atom. The van der Waals surface area contributed by atoms with Crippen LogP contribution in [0.15, 0.2) is 0 Å². The molecule has 5 nitrogen and oxygen atoms in total. The van der Waals surface area contributed by atoms with Crippen LogP contribution in [0.25, 0.3) is 5.73 Å². The molecule has 1 heterocycles. The standard InChI is InChI=1S/C6H11BrNO4.4Ac/c7-6-3(8)5(11)4(10)2(1-9)12-6;;;;/h2-6,8-11H,1H2;;;;/q-1;;;;/t2-,3?,4?,5?,6?;;;;/m1..../s1.